The summed E-state index contributed by atoms with van der Waals surface area (Å²) in [4.78, 5) is 0. The molecule has 1 heterocycles. The van der Waals surface area contributed by atoms with Gasteiger partial charge in [-0.05, 0) is 55.7 Å². The van der Waals surface area contributed by atoms with Gasteiger partial charge in [-0.3, -0.25) is 0 Å². The van der Waals surface area contributed by atoms with Crippen molar-refractivity contribution in [3.05, 3.63) is 65.0 Å². The van der Waals surface area contributed by atoms with Crippen molar-refractivity contribution in [1.82, 2.24) is 15.6 Å². The molecule has 0 bridgehead atoms. The lowest BCUT2D eigenvalue weighted by Crippen LogP contribution is -2.32. The number of aryl methyl sites for hydroxylation is 1. The SMILES string of the molecule is Cc1nonc1COc1ccc(C[C@@H](C)NC[C@H](O)c2cc(O)cc(O)c2)cc1. The number of phenols is 2. The maximum Gasteiger partial charge on any atom is 0.145 e. The van der Waals surface area contributed by atoms with E-state index in [2.05, 4.69) is 20.3 Å². The molecule has 4 N–H and O–H groups in total. The molecule has 0 saturated carbocycles. The molecule has 154 valence electrons. The first-order valence-corrected chi connectivity index (χ1v) is 9.35. The van der Waals surface area contributed by atoms with Crippen LogP contribution in [0.25, 0.3) is 0 Å². The van der Waals surface area contributed by atoms with Crippen molar-refractivity contribution in [3.63, 3.8) is 0 Å². The highest BCUT2D eigenvalue weighted by Gasteiger charge is 2.12. The van der Waals surface area contributed by atoms with E-state index in [1.54, 1.807) is 0 Å². The molecule has 8 heteroatoms. The van der Waals surface area contributed by atoms with Gasteiger partial charge in [-0.1, -0.05) is 22.4 Å². The minimum Gasteiger partial charge on any atom is -0.508 e. The number of phenolic OH excluding ortho intramolecular Hbond substituents is 2. The molecular formula is C21H25N3O5. The number of nitrogens with zero attached hydrogens (tertiary/aromatic N) is 2. The third-order valence-electron chi connectivity index (χ3n) is 4.56. The summed E-state index contributed by atoms with van der Waals surface area (Å²) in [5, 5.41) is 40.1. The van der Waals surface area contributed by atoms with Crippen LogP contribution in [-0.4, -0.2) is 38.2 Å². The fourth-order valence-corrected chi connectivity index (χ4v) is 2.92. The number of benzene rings is 2. The summed E-state index contributed by atoms with van der Waals surface area (Å²) in [7, 11) is 0. The average molecular weight is 399 g/mol. The second-order valence-corrected chi connectivity index (χ2v) is 7.04. The van der Waals surface area contributed by atoms with Gasteiger partial charge in [0.1, 0.15) is 35.2 Å². The van der Waals surface area contributed by atoms with E-state index in [9.17, 15) is 15.3 Å². The Kier molecular flexibility index (Phi) is 6.69. The van der Waals surface area contributed by atoms with Gasteiger partial charge in [0.2, 0.25) is 0 Å². The molecule has 8 nitrogen and oxygen atoms in total. The van der Waals surface area contributed by atoms with E-state index in [4.69, 9.17) is 4.74 Å². The molecule has 0 aliphatic carbocycles. The number of aromatic nitrogens is 2. The Morgan fingerprint density at radius 1 is 1.07 bits per heavy atom. The molecule has 3 rings (SSSR count). The van der Waals surface area contributed by atoms with Crippen LogP contribution in [0.1, 0.15) is 35.5 Å². The molecule has 0 saturated heterocycles. The molecule has 0 fully saturated rings. The molecule has 2 aromatic carbocycles. The van der Waals surface area contributed by atoms with Crippen molar-refractivity contribution < 1.29 is 24.7 Å². The van der Waals surface area contributed by atoms with Crippen LogP contribution in [0.3, 0.4) is 0 Å². The lowest BCUT2D eigenvalue weighted by atomic mass is 10.1. The summed E-state index contributed by atoms with van der Waals surface area (Å²) in [6, 6.07) is 12.0. The quantitative estimate of drug-likeness (QED) is 0.433. The van der Waals surface area contributed by atoms with Gasteiger partial charge in [0.15, 0.2) is 0 Å². The fraction of sp³-hybridized carbons (Fsp3) is 0.333. The minimum atomic E-state index is -0.833. The summed E-state index contributed by atoms with van der Waals surface area (Å²) in [6.07, 6.45) is -0.0642. The van der Waals surface area contributed by atoms with Gasteiger partial charge in [-0.2, -0.15) is 0 Å². The van der Waals surface area contributed by atoms with Crippen molar-refractivity contribution >= 4 is 0 Å². The van der Waals surface area contributed by atoms with E-state index in [1.807, 2.05) is 38.1 Å². The molecule has 0 aliphatic heterocycles. The lowest BCUT2D eigenvalue weighted by Gasteiger charge is -2.18. The Balaban J connectivity index is 1.46. The van der Waals surface area contributed by atoms with Crippen molar-refractivity contribution in [3.8, 4) is 17.2 Å². The monoisotopic (exact) mass is 399 g/mol. The van der Waals surface area contributed by atoms with E-state index in [1.165, 1.54) is 18.2 Å². The van der Waals surface area contributed by atoms with Crippen LogP contribution < -0.4 is 10.1 Å². The highest BCUT2D eigenvalue weighted by Crippen LogP contribution is 2.24. The molecule has 0 unspecified atom stereocenters. The Labute approximate surface area is 168 Å². The first-order chi connectivity index (χ1) is 13.9. The Morgan fingerprint density at radius 2 is 1.76 bits per heavy atom. The molecular weight excluding hydrogens is 374 g/mol. The van der Waals surface area contributed by atoms with Gasteiger partial charge in [-0.15, -0.1) is 0 Å². The number of aliphatic hydroxyl groups excluding tert-OH is 1. The van der Waals surface area contributed by atoms with Crippen LogP contribution in [0.2, 0.25) is 0 Å². The number of aromatic hydroxyl groups is 2. The molecule has 0 spiro atoms. The van der Waals surface area contributed by atoms with Crippen LogP contribution in [0.4, 0.5) is 0 Å². The van der Waals surface area contributed by atoms with Crippen molar-refractivity contribution in [2.45, 2.75) is 39.0 Å². The van der Waals surface area contributed by atoms with E-state index in [-0.39, 0.29) is 17.5 Å². The van der Waals surface area contributed by atoms with Crippen molar-refractivity contribution in [1.29, 1.82) is 0 Å². The second kappa shape index (κ2) is 9.40. The first kappa shape index (κ1) is 20.6. The van der Waals surface area contributed by atoms with Gasteiger partial charge in [0, 0.05) is 18.7 Å². The zero-order chi connectivity index (χ0) is 20.8. The number of hydrogen-bond donors (Lipinski definition) is 4. The summed E-state index contributed by atoms with van der Waals surface area (Å²) in [5.74, 6) is 0.574. The van der Waals surface area contributed by atoms with E-state index >= 15 is 0 Å². The smallest absolute Gasteiger partial charge is 0.145 e. The zero-order valence-electron chi connectivity index (χ0n) is 16.4. The molecule has 29 heavy (non-hydrogen) atoms. The number of aliphatic hydroxyl groups is 1. The number of hydrogen-bond acceptors (Lipinski definition) is 8. The van der Waals surface area contributed by atoms with Gasteiger partial charge < -0.3 is 25.4 Å². The summed E-state index contributed by atoms with van der Waals surface area (Å²) in [6.45, 7) is 4.44. The lowest BCUT2D eigenvalue weighted by molar-refractivity contribution is 0.170. The highest BCUT2D eigenvalue weighted by atomic mass is 16.6. The highest BCUT2D eigenvalue weighted by molar-refractivity contribution is 5.37. The zero-order valence-corrected chi connectivity index (χ0v) is 16.4. The first-order valence-electron chi connectivity index (χ1n) is 9.35. The van der Waals surface area contributed by atoms with E-state index < -0.39 is 6.10 Å². The van der Waals surface area contributed by atoms with E-state index in [0.717, 1.165) is 17.7 Å². The Hall–Kier alpha value is -3.10. The predicted molar refractivity (Wildman–Crippen MR) is 106 cm³/mol. The fourth-order valence-electron chi connectivity index (χ4n) is 2.92. The third kappa shape index (κ3) is 5.94. The second-order valence-electron chi connectivity index (χ2n) is 7.04. The van der Waals surface area contributed by atoms with Gasteiger partial charge in [0.25, 0.3) is 0 Å². The average Bonchev–Trinajstić information content (AvgIpc) is 3.09. The summed E-state index contributed by atoms with van der Waals surface area (Å²) in [5.41, 5.74) is 2.97. The third-order valence-corrected chi connectivity index (χ3v) is 4.56. The standard InChI is InChI=1S/C21H25N3O5/c1-13(22-11-21(27)16-8-17(25)10-18(26)9-16)7-15-3-5-19(6-4-15)28-12-20-14(2)23-29-24-20/h3-6,8-10,13,21-22,25-27H,7,11-12H2,1-2H3/t13-,21+/m1/s1. The molecule has 0 amide bonds. The topological polar surface area (TPSA) is 121 Å². The largest absolute Gasteiger partial charge is 0.508 e. The summed E-state index contributed by atoms with van der Waals surface area (Å²) >= 11 is 0. The van der Waals surface area contributed by atoms with Crippen LogP contribution in [0, 0.1) is 6.92 Å². The predicted octanol–water partition coefficient (Wildman–Crippen LogP) is 2.62. The normalized spacial score (nSPS) is 13.2. The van der Waals surface area contributed by atoms with Crippen molar-refractivity contribution in [2.75, 3.05) is 6.54 Å². The molecule has 0 radical (unpaired) electrons. The number of rotatable bonds is 9. The molecule has 0 aliphatic rings. The Bertz CT molecular complexity index is 906. The van der Waals surface area contributed by atoms with Crippen LogP contribution in [0.15, 0.2) is 47.1 Å². The van der Waals surface area contributed by atoms with Gasteiger partial charge >= 0.3 is 0 Å². The maximum atomic E-state index is 10.3. The number of ether oxygens (including phenoxy) is 1. The van der Waals surface area contributed by atoms with E-state index in [0.29, 0.717) is 30.1 Å². The van der Waals surface area contributed by atoms with Gasteiger partial charge in [-0.25, -0.2) is 4.63 Å². The molecule has 3 aromatic rings. The van der Waals surface area contributed by atoms with Crippen LogP contribution in [0.5, 0.6) is 17.2 Å². The van der Waals surface area contributed by atoms with Crippen LogP contribution >= 0.6 is 0 Å². The molecule has 1 aromatic heterocycles. The van der Waals surface area contributed by atoms with Crippen molar-refractivity contribution in [2.24, 2.45) is 0 Å². The maximum absolute atomic E-state index is 10.3. The molecule has 2 atom stereocenters. The minimum absolute atomic E-state index is 0.0793. The summed E-state index contributed by atoms with van der Waals surface area (Å²) < 4.78 is 10.3. The van der Waals surface area contributed by atoms with Gasteiger partial charge in [0.05, 0.1) is 6.10 Å². The van der Waals surface area contributed by atoms with Crippen LogP contribution in [-0.2, 0) is 13.0 Å². The number of nitrogens with one attached hydrogen (secondary N) is 1. The Morgan fingerprint density at radius 3 is 2.38 bits per heavy atom.